The number of piperidine rings is 1. The van der Waals surface area contributed by atoms with Crippen molar-refractivity contribution in [3.63, 3.8) is 0 Å². The number of likely N-dealkylation sites (tertiary alicyclic amines) is 1. The van der Waals surface area contributed by atoms with Gasteiger partial charge in [-0.15, -0.1) is 0 Å². The van der Waals surface area contributed by atoms with Crippen LogP contribution in [-0.4, -0.2) is 44.8 Å². The quantitative estimate of drug-likeness (QED) is 0.905. The Hall–Kier alpha value is -1.85. The topological polar surface area (TPSA) is 75.4 Å². The largest absolute Gasteiger partial charge is 0.481 e. The van der Waals surface area contributed by atoms with E-state index in [1.54, 1.807) is 11.1 Å². The molecule has 1 amide bonds. The molecule has 3 rings (SSSR count). The van der Waals surface area contributed by atoms with Crippen LogP contribution in [0.25, 0.3) is 0 Å². The Bertz CT molecular complexity index is 598. The maximum Gasteiger partial charge on any atom is 0.306 e. The Morgan fingerprint density at radius 1 is 1.30 bits per heavy atom. The number of rotatable bonds is 5. The van der Waals surface area contributed by atoms with Crippen molar-refractivity contribution in [3.8, 4) is 0 Å². The van der Waals surface area contributed by atoms with Gasteiger partial charge in [-0.25, -0.2) is 0 Å². The summed E-state index contributed by atoms with van der Waals surface area (Å²) in [4.78, 5) is 25.7. The molecule has 2 aliphatic rings. The molecular formula is C17H25N3O3. The van der Waals surface area contributed by atoms with Crippen LogP contribution in [0.15, 0.2) is 6.20 Å². The average Bonchev–Trinajstić information content (AvgIpc) is 3.31. The van der Waals surface area contributed by atoms with Gasteiger partial charge >= 0.3 is 5.97 Å². The van der Waals surface area contributed by atoms with E-state index in [1.165, 1.54) is 0 Å². The first kappa shape index (κ1) is 16.0. The highest BCUT2D eigenvalue weighted by Crippen LogP contribution is 2.43. The van der Waals surface area contributed by atoms with E-state index in [0.29, 0.717) is 37.9 Å². The van der Waals surface area contributed by atoms with Gasteiger partial charge < -0.3 is 10.0 Å². The predicted molar refractivity (Wildman–Crippen MR) is 85.5 cm³/mol. The van der Waals surface area contributed by atoms with Crippen molar-refractivity contribution in [3.05, 3.63) is 17.5 Å². The van der Waals surface area contributed by atoms with Crippen molar-refractivity contribution >= 4 is 11.9 Å². The zero-order valence-electron chi connectivity index (χ0n) is 13.9. The fraction of sp³-hybridized carbons (Fsp3) is 0.706. The lowest BCUT2D eigenvalue weighted by atomic mass is 9.96. The third-order valence-electron chi connectivity index (χ3n) is 5.17. The molecule has 0 spiro atoms. The molecule has 126 valence electrons. The van der Waals surface area contributed by atoms with Gasteiger partial charge in [0.1, 0.15) is 0 Å². The molecule has 6 heteroatoms. The summed E-state index contributed by atoms with van der Waals surface area (Å²) in [6, 6.07) is 0.296. The monoisotopic (exact) mass is 319 g/mol. The number of carbonyl (C=O) groups is 2. The van der Waals surface area contributed by atoms with Crippen LogP contribution in [0, 0.1) is 5.92 Å². The normalized spacial score (nSPS) is 20.5. The van der Waals surface area contributed by atoms with Crippen LogP contribution in [-0.2, 0) is 4.79 Å². The molecule has 2 heterocycles. The maximum absolute atomic E-state index is 12.9. The fourth-order valence-electron chi connectivity index (χ4n) is 3.32. The van der Waals surface area contributed by atoms with E-state index < -0.39 is 5.97 Å². The molecule has 23 heavy (non-hydrogen) atoms. The number of nitrogens with zero attached hydrogens (tertiary/aromatic N) is 3. The summed E-state index contributed by atoms with van der Waals surface area (Å²) in [5.41, 5.74) is 1.81. The average molecular weight is 319 g/mol. The molecule has 1 saturated heterocycles. The van der Waals surface area contributed by atoms with E-state index >= 15 is 0 Å². The third kappa shape index (κ3) is 3.12. The van der Waals surface area contributed by atoms with Crippen molar-refractivity contribution in [1.29, 1.82) is 0 Å². The number of hydrogen-bond acceptors (Lipinski definition) is 3. The van der Waals surface area contributed by atoms with E-state index in [-0.39, 0.29) is 11.8 Å². The van der Waals surface area contributed by atoms with E-state index in [9.17, 15) is 9.59 Å². The molecule has 6 nitrogen and oxygen atoms in total. The highest BCUT2D eigenvalue weighted by atomic mass is 16.4. The van der Waals surface area contributed by atoms with Crippen molar-refractivity contribution in [2.75, 3.05) is 13.1 Å². The Morgan fingerprint density at radius 2 is 1.96 bits per heavy atom. The summed E-state index contributed by atoms with van der Waals surface area (Å²) in [5.74, 6) is -0.586. The van der Waals surface area contributed by atoms with Gasteiger partial charge in [-0.2, -0.15) is 5.10 Å². The highest BCUT2D eigenvalue weighted by Gasteiger charge is 2.35. The minimum absolute atomic E-state index is 0.0188. The van der Waals surface area contributed by atoms with Gasteiger partial charge in [0, 0.05) is 25.0 Å². The summed E-state index contributed by atoms with van der Waals surface area (Å²) in [6.07, 6.45) is 6.04. The van der Waals surface area contributed by atoms with Crippen molar-refractivity contribution in [1.82, 2.24) is 14.7 Å². The minimum Gasteiger partial charge on any atom is -0.481 e. The van der Waals surface area contributed by atoms with Gasteiger partial charge in [0.25, 0.3) is 5.91 Å². The molecule has 1 aromatic rings. The van der Waals surface area contributed by atoms with Gasteiger partial charge in [-0.3, -0.25) is 14.3 Å². The first-order valence-electron chi connectivity index (χ1n) is 8.62. The smallest absolute Gasteiger partial charge is 0.306 e. The highest BCUT2D eigenvalue weighted by molar-refractivity contribution is 5.95. The molecule has 1 N–H and O–H groups in total. The molecule has 1 aliphatic carbocycles. The second kappa shape index (κ2) is 6.34. The number of hydrogen-bond donors (Lipinski definition) is 1. The first-order valence-corrected chi connectivity index (χ1v) is 8.62. The lowest BCUT2D eigenvalue weighted by Gasteiger charge is -2.30. The fourth-order valence-corrected chi connectivity index (χ4v) is 3.32. The van der Waals surface area contributed by atoms with Crippen LogP contribution in [0.5, 0.6) is 0 Å². The summed E-state index contributed by atoms with van der Waals surface area (Å²) in [7, 11) is 0. The molecule has 0 radical (unpaired) electrons. The van der Waals surface area contributed by atoms with Gasteiger partial charge in [0.2, 0.25) is 0 Å². The van der Waals surface area contributed by atoms with Crippen LogP contribution >= 0.6 is 0 Å². The molecule has 0 bridgehead atoms. The van der Waals surface area contributed by atoms with Crippen molar-refractivity contribution in [2.24, 2.45) is 5.92 Å². The van der Waals surface area contributed by atoms with Gasteiger partial charge in [0.05, 0.1) is 23.4 Å². The Morgan fingerprint density at radius 3 is 2.48 bits per heavy atom. The van der Waals surface area contributed by atoms with Gasteiger partial charge in [-0.05, 0) is 39.0 Å². The SMILES string of the molecule is CCC(C)n1ncc(C(=O)N2CCC(C(=O)O)CC2)c1C1CC1. The molecule has 1 unspecified atom stereocenters. The van der Waals surface area contributed by atoms with Crippen molar-refractivity contribution < 1.29 is 14.7 Å². The van der Waals surface area contributed by atoms with Crippen LogP contribution in [0.3, 0.4) is 0 Å². The molecule has 1 aliphatic heterocycles. The van der Waals surface area contributed by atoms with E-state index in [0.717, 1.165) is 30.5 Å². The summed E-state index contributed by atoms with van der Waals surface area (Å²) in [5, 5.41) is 13.6. The summed E-state index contributed by atoms with van der Waals surface area (Å²) < 4.78 is 2.02. The predicted octanol–water partition coefficient (Wildman–Crippen LogP) is 2.67. The van der Waals surface area contributed by atoms with Crippen LogP contribution < -0.4 is 0 Å². The summed E-state index contributed by atoms with van der Waals surface area (Å²) >= 11 is 0. The molecule has 1 atom stereocenters. The van der Waals surface area contributed by atoms with E-state index in [1.807, 2.05) is 4.68 Å². The third-order valence-corrected chi connectivity index (χ3v) is 5.17. The van der Waals surface area contributed by atoms with Crippen LogP contribution in [0.1, 0.15) is 74.0 Å². The number of aromatic nitrogens is 2. The zero-order valence-corrected chi connectivity index (χ0v) is 13.9. The van der Waals surface area contributed by atoms with E-state index in [4.69, 9.17) is 5.11 Å². The molecule has 1 aromatic heterocycles. The standard InChI is InChI=1S/C17H25N3O3/c1-3-11(2)20-15(12-4-5-12)14(10-18-20)16(21)19-8-6-13(7-9-19)17(22)23/h10-13H,3-9H2,1-2H3,(H,22,23). The molecule has 0 aromatic carbocycles. The number of aliphatic carboxylic acids is 1. The van der Waals surface area contributed by atoms with E-state index in [2.05, 4.69) is 18.9 Å². The summed E-state index contributed by atoms with van der Waals surface area (Å²) in [6.45, 7) is 5.30. The molecule has 1 saturated carbocycles. The van der Waals surface area contributed by atoms with Gasteiger partial charge in [-0.1, -0.05) is 6.92 Å². The number of carbonyl (C=O) groups excluding carboxylic acids is 1. The van der Waals surface area contributed by atoms with Crippen LogP contribution in [0.4, 0.5) is 0 Å². The number of carboxylic acids is 1. The lowest BCUT2D eigenvalue weighted by Crippen LogP contribution is -2.40. The maximum atomic E-state index is 12.9. The second-order valence-corrected chi connectivity index (χ2v) is 6.82. The van der Waals surface area contributed by atoms with Gasteiger partial charge in [0.15, 0.2) is 0 Å². The Labute approximate surface area is 136 Å². The zero-order chi connectivity index (χ0) is 16.6. The Balaban J connectivity index is 1.78. The number of amides is 1. The van der Waals surface area contributed by atoms with Crippen molar-refractivity contribution in [2.45, 2.75) is 57.9 Å². The number of carboxylic acid groups (broad SMARTS) is 1. The lowest BCUT2D eigenvalue weighted by molar-refractivity contribution is -0.143. The second-order valence-electron chi connectivity index (χ2n) is 6.82. The molecular weight excluding hydrogens is 294 g/mol. The Kier molecular flexibility index (Phi) is 4.41. The minimum atomic E-state index is -0.750. The van der Waals surface area contributed by atoms with Crippen LogP contribution in [0.2, 0.25) is 0 Å². The molecule has 2 fully saturated rings. The first-order chi connectivity index (χ1) is 11.0.